The Morgan fingerprint density at radius 3 is 2.88 bits per heavy atom. The predicted molar refractivity (Wildman–Crippen MR) is 64.4 cm³/mol. The second-order valence-corrected chi connectivity index (χ2v) is 5.64. The number of ketones is 1. The Bertz CT molecular complexity index is 311. The van der Waals surface area contributed by atoms with Gasteiger partial charge in [-0.05, 0) is 37.5 Å². The van der Waals surface area contributed by atoms with Crippen molar-refractivity contribution >= 4 is 11.8 Å². The summed E-state index contributed by atoms with van der Waals surface area (Å²) < 4.78 is 4.77. The normalized spacial score (nSPS) is 34.2. The number of carbonyl (C=O) groups is 2. The molecule has 0 radical (unpaired) electrons. The first kappa shape index (κ1) is 12.6. The summed E-state index contributed by atoms with van der Waals surface area (Å²) in [4.78, 5) is 23.4. The van der Waals surface area contributed by atoms with E-state index in [0.717, 1.165) is 25.7 Å². The van der Waals surface area contributed by atoms with E-state index in [1.165, 1.54) is 20.0 Å². The fourth-order valence-corrected chi connectivity index (χ4v) is 3.75. The fraction of sp³-hybridized carbons (Fsp3) is 0.857. The highest BCUT2D eigenvalue weighted by molar-refractivity contribution is 5.84. The summed E-state index contributed by atoms with van der Waals surface area (Å²) in [5.74, 6) is 1.49. The van der Waals surface area contributed by atoms with Gasteiger partial charge in [-0.3, -0.25) is 9.59 Å². The quantitative estimate of drug-likeness (QED) is 0.710. The number of rotatable bonds is 3. The third-order valence-corrected chi connectivity index (χ3v) is 4.56. The molecule has 0 saturated heterocycles. The number of esters is 1. The van der Waals surface area contributed by atoms with Gasteiger partial charge in [0.05, 0.1) is 13.0 Å². The molecule has 0 N–H and O–H groups in total. The molecule has 2 unspecified atom stereocenters. The summed E-state index contributed by atoms with van der Waals surface area (Å²) in [5.41, 5.74) is 0. The molecule has 0 aromatic carbocycles. The molecule has 2 saturated carbocycles. The van der Waals surface area contributed by atoms with Crippen molar-refractivity contribution in [3.8, 4) is 0 Å². The van der Waals surface area contributed by atoms with E-state index in [1.54, 1.807) is 0 Å². The van der Waals surface area contributed by atoms with Gasteiger partial charge in [-0.15, -0.1) is 0 Å². The molecule has 2 rings (SSSR count). The van der Waals surface area contributed by atoms with E-state index < -0.39 is 0 Å². The number of Topliss-reactive ketones (excluding diaryl/α,β-unsaturated/α-hetero) is 1. The minimum Gasteiger partial charge on any atom is -0.469 e. The van der Waals surface area contributed by atoms with E-state index in [-0.39, 0.29) is 17.8 Å². The van der Waals surface area contributed by atoms with Crippen LogP contribution in [-0.4, -0.2) is 18.9 Å². The lowest BCUT2D eigenvalue weighted by molar-refractivity contribution is -0.146. The highest BCUT2D eigenvalue weighted by Gasteiger charge is 2.42. The van der Waals surface area contributed by atoms with Crippen molar-refractivity contribution in [2.75, 3.05) is 7.11 Å². The van der Waals surface area contributed by atoms with Gasteiger partial charge in [0.2, 0.25) is 0 Å². The molecule has 96 valence electrons. The summed E-state index contributed by atoms with van der Waals surface area (Å²) in [6, 6.07) is 0. The summed E-state index contributed by atoms with van der Waals surface area (Å²) in [7, 11) is 1.43. The van der Waals surface area contributed by atoms with E-state index in [1.807, 2.05) is 6.92 Å². The van der Waals surface area contributed by atoms with Crippen LogP contribution in [-0.2, 0) is 14.3 Å². The molecule has 0 bridgehead atoms. The SMILES string of the molecule is COC(=O)C(C)CC1CCC[C@@H]2CCC(=O)[C@H]12. The van der Waals surface area contributed by atoms with E-state index in [0.29, 0.717) is 17.6 Å². The van der Waals surface area contributed by atoms with Crippen molar-refractivity contribution in [2.45, 2.75) is 45.4 Å². The van der Waals surface area contributed by atoms with Crippen LogP contribution in [0.1, 0.15) is 45.4 Å². The molecule has 2 aliphatic carbocycles. The zero-order valence-electron chi connectivity index (χ0n) is 10.8. The van der Waals surface area contributed by atoms with E-state index >= 15 is 0 Å². The molecule has 0 aromatic heterocycles. The van der Waals surface area contributed by atoms with Crippen LogP contribution < -0.4 is 0 Å². The first-order chi connectivity index (χ1) is 8.13. The van der Waals surface area contributed by atoms with Crippen LogP contribution >= 0.6 is 0 Å². The number of methoxy groups -OCH3 is 1. The third-order valence-electron chi connectivity index (χ3n) is 4.56. The van der Waals surface area contributed by atoms with Crippen LogP contribution in [0.25, 0.3) is 0 Å². The van der Waals surface area contributed by atoms with Crippen LogP contribution in [0.5, 0.6) is 0 Å². The van der Waals surface area contributed by atoms with Crippen molar-refractivity contribution in [1.82, 2.24) is 0 Å². The predicted octanol–water partition coefficient (Wildman–Crippen LogP) is 2.58. The molecule has 0 spiro atoms. The van der Waals surface area contributed by atoms with Crippen LogP contribution in [0.2, 0.25) is 0 Å². The van der Waals surface area contributed by atoms with Gasteiger partial charge in [-0.25, -0.2) is 0 Å². The average Bonchev–Trinajstić information content (AvgIpc) is 2.71. The standard InChI is InChI=1S/C14H22O3/c1-9(14(16)17-2)8-11-5-3-4-10-6-7-12(15)13(10)11/h9-11,13H,3-8H2,1-2H3/t9?,10-,11?,13+/m1/s1. The van der Waals surface area contributed by atoms with Gasteiger partial charge < -0.3 is 4.74 Å². The summed E-state index contributed by atoms with van der Waals surface area (Å²) in [6.07, 6.45) is 6.19. The second-order valence-electron chi connectivity index (χ2n) is 5.64. The molecule has 17 heavy (non-hydrogen) atoms. The minimum absolute atomic E-state index is 0.0721. The van der Waals surface area contributed by atoms with Crippen molar-refractivity contribution < 1.29 is 14.3 Å². The number of hydrogen-bond donors (Lipinski definition) is 0. The first-order valence-corrected chi connectivity index (χ1v) is 6.74. The van der Waals surface area contributed by atoms with Gasteiger partial charge in [0.25, 0.3) is 0 Å². The molecule has 4 atom stereocenters. The van der Waals surface area contributed by atoms with Gasteiger partial charge in [0.15, 0.2) is 0 Å². The van der Waals surface area contributed by atoms with Gasteiger partial charge in [0, 0.05) is 12.3 Å². The minimum atomic E-state index is -0.141. The first-order valence-electron chi connectivity index (χ1n) is 6.74. The maximum atomic E-state index is 11.9. The van der Waals surface area contributed by atoms with Crippen molar-refractivity contribution in [3.63, 3.8) is 0 Å². The molecule has 2 fully saturated rings. The topological polar surface area (TPSA) is 43.4 Å². The monoisotopic (exact) mass is 238 g/mol. The van der Waals surface area contributed by atoms with Crippen molar-refractivity contribution in [2.24, 2.45) is 23.7 Å². The Balaban J connectivity index is 1.99. The molecule has 0 heterocycles. The smallest absolute Gasteiger partial charge is 0.308 e. The Kier molecular flexibility index (Phi) is 3.85. The van der Waals surface area contributed by atoms with Gasteiger partial charge in [0.1, 0.15) is 5.78 Å². The summed E-state index contributed by atoms with van der Waals surface area (Å²) in [5, 5.41) is 0. The maximum Gasteiger partial charge on any atom is 0.308 e. The number of fused-ring (bicyclic) bond motifs is 1. The number of ether oxygens (including phenoxy) is 1. The lowest BCUT2D eigenvalue weighted by atomic mass is 9.70. The molecular weight excluding hydrogens is 216 g/mol. The Morgan fingerprint density at radius 1 is 1.41 bits per heavy atom. The van der Waals surface area contributed by atoms with E-state index in [9.17, 15) is 9.59 Å². The average molecular weight is 238 g/mol. The van der Waals surface area contributed by atoms with Crippen molar-refractivity contribution in [3.05, 3.63) is 0 Å². The van der Waals surface area contributed by atoms with Crippen LogP contribution in [0.4, 0.5) is 0 Å². The van der Waals surface area contributed by atoms with Crippen LogP contribution in [0, 0.1) is 23.7 Å². The Morgan fingerprint density at radius 2 is 2.18 bits per heavy atom. The molecule has 3 nitrogen and oxygen atoms in total. The lowest BCUT2D eigenvalue weighted by Gasteiger charge is -2.33. The van der Waals surface area contributed by atoms with Crippen molar-refractivity contribution in [1.29, 1.82) is 0 Å². The summed E-state index contributed by atoms with van der Waals surface area (Å²) >= 11 is 0. The molecule has 3 heteroatoms. The molecule has 0 amide bonds. The zero-order chi connectivity index (χ0) is 12.4. The van der Waals surface area contributed by atoms with E-state index in [4.69, 9.17) is 4.74 Å². The number of hydrogen-bond acceptors (Lipinski definition) is 3. The maximum absolute atomic E-state index is 11.9. The lowest BCUT2D eigenvalue weighted by Crippen LogP contribution is -2.31. The molecular formula is C14H22O3. The zero-order valence-corrected chi connectivity index (χ0v) is 10.8. The molecule has 0 aromatic rings. The highest BCUT2D eigenvalue weighted by atomic mass is 16.5. The largest absolute Gasteiger partial charge is 0.469 e. The van der Waals surface area contributed by atoms with Gasteiger partial charge >= 0.3 is 5.97 Å². The number of carbonyl (C=O) groups excluding carboxylic acids is 2. The molecule has 0 aliphatic heterocycles. The molecule has 2 aliphatic rings. The fourth-order valence-electron chi connectivity index (χ4n) is 3.75. The second kappa shape index (κ2) is 5.19. The highest BCUT2D eigenvalue weighted by Crippen LogP contribution is 2.45. The summed E-state index contributed by atoms with van der Waals surface area (Å²) in [6.45, 7) is 1.91. The van der Waals surface area contributed by atoms with Gasteiger partial charge in [-0.2, -0.15) is 0 Å². The van der Waals surface area contributed by atoms with E-state index in [2.05, 4.69) is 0 Å². The third kappa shape index (κ3) is 2.53. The Hall–Kier alpha value is -0.860. The van der Waals surface area contributed by atoms with Gasteiger partial charge in [-0.1, -0.05) is 13.3 Å². The Labute approximate surface area is 103 Å². The van der Waals surface area contributed by atoms with Crippen LogP contribution in [0.15, 0.2) is 0 Å². The van der Waals surface area contributed by atoms with Crippen LogP contribution in [0.3, 0.4) is 0 Å².